The van der Waals surface area contributed by atoms with E-state index in [2.05, 4.69) is 20.8 Å². The summed E-state index contributed by atoms with van der Waals surface area (Å²) in [6.07, 6.45) is 0. The lowest BCUT2D eigenvalue weighted by Crippen LogP contribution is -2.39. The van der Waals surface area contributed by atoms with E-state index in [1.807, 2.05) is 12.1 Å². The second-order valence-electron chi connectivity index (χ2n) is 8.27. The van der Waals surface area contributed by atoms with Crippen molar-refractivity contribution in [3.8, 4) is 0 Å². The Morgan fingerprint density at radius 3 is 1.63 bits per heavy atom. The Labute approximate surface area is 177 Å². The minimum atomic E-state index is -2.00. The first-order valence-corrected chi connectivity index (χ1v) is 9.87. The Bertz CT molecular complexity index is 961. The van der Waals surface area contributed by atoms with Crippen molar-refractivity contribution in [2.45, 2.75) is 31.8 Å². The van der Waals surface area contributed by atoms with Crippen LogP contribution in [0.1, 0.15) is 47.8 Å². The van der Waals surface area contributed by atoms with Crippen LogP contribution in [0.2, 0.25) is 0 Å². The van der Waals surface area contributed by atoms with E-state index < -0.39 is 18.2 Å². The highest BCUT2D eigenvalue weighted by Crippen LogP contribution is 2.31. The van der Waals surface area contributed by atoms with Crippen LogP contribution < -0.4 is 0 Å². The third kappa shape index (κ3) is 4.50. The highest BCUT2D eigenvalue weighted by Gasteiger charge is 2.41. The van der Waals surface area contributed by atoms with Gasteiger partial charge in [0, 0.05) is 5.56 Å². The predicted molar refractivity (Wildman–Crippen MR) is 116 cm³/mol. The van der Waals surface area contributed by atoms with E-state index >= 15 is 0 Å². The van der Waals surface area contributed by atoms with Crippen LogP contribution in [0.15, 0.2) is 84.9 Å². The van der Waals surface area contributed by atoms with Gasteiger partial charge in [0.25, 0.3) is 0 Å². The molecule has 0 saturated heterocycles. The monoisotopic (exact) mass is 402 g/mol. The number of carbonyl (C=O) groups excluding carboxylic acids is 2. The Balaban J connectivity index is 1.79. The zero-order valence-electron chi connectivity index (χ0n) is 17.5. The molecule has 4 heteroatoms. The first-order chi connectivity index (χ1) is 14.2. The van der Waals surface area contributed by atoms with Gasteiger partial charge in [0.05, 0.1) is 0 Å². The quantitative estimate of drug-likeness (QED) is 0.482. The number of ether oxygens (including phenoxy) is 1. The zero-order valence-corrected chi connectivity index (χ0v) is 17.5. The van der Waals surface area contributed by atoms with Crippen LogP contribution >= 0.6 is 0 Å². The summed E-state index contributed by atoms with van der Waals surface area (Å²) in [6, 6.07) is 24.4. The molecule has 1 N–H and O–H groups in total. The summed E-state index contributed by atoms with van der Waals surface area (Å²) < 4.78 is 5.29. The smallest absolute Gasteiger partial charge is 0.348 e. The van der Waals surface area contributed by atoms with Crippen molar-refractivity contribution < 1.29 is 19.4 Å². The maximum absolute atomic E-state index is 13.0. The van der Waals surface area contributed by atoms with E-state index in [0.29, 0.717) is 16.7 Å². The summed E-state index contributed by atoms with van der Waals surface area (Å²) in [5.41, 5.74) is 0.304. The van der Waals surface area contributed by atoms with Gasteiger partial charge in [-0.3, -0.25) is 4.79 Å². The fraction of sp³-hybridized carbons (Fsp3) is 0.231. The molecule has 0 aliphatic carbocycles. The minimum Gasteiger partial charge on any atom is -0.455 e. The third-order valence-electron chi connectivity index (χ3n) is 5.09. The van der Waals surface area contributed by atoms with Crippen molar-refractivity contribution in [3.05, 3.63) is 107 Å². The molecule has 0 heterocycles. The van der Waals surface area contributed by atoms with E-state index in [1.165, 1.54) is 0 Å². The van der Waals surface area contributed by atoms with Gasteiger partial charge in [0.2, 0.25) is 5.60 Å². The molecule has 30 heavy (non-hydrogen) atoms. The molecular formula is C26H26O4. The average molecular weight is 402 g/mol. The number of rotatable bonds is 6. The van der Waals surface area contributed by atoms with E-state index in [0.717, 1.165) is 5.56 Å². The van der Waals surface area contributed by atoms with Gasteiger partial charge in [-0.2, -0.15) is 0 Å². The molecule has 0 atom stereocenters. The van der Waals surface area contributed by atoms with E-state index in [9.17, 15) is 14.7 Å². The Hall–Kier alpha value is -3.24. The SMILES string of the molecule is CC(C)(C)c1ccc(C(=O)COC(=O)C(O)(c2ccccc2)c2ccccc2)cc1. The number of Topliss-reactive ketones (excluding diaryl/α,β-unsaturated/α-hetero) is 1. The summed E-state index contributed by atoms with van der Waals surface area (Å²) in [7, 11) is 0. The number of esters is 1. The van der Waals surface area contributed by atoms with Crippen molar-refractivity contribution in [1.29, 1.82) is 0 Å². The molecule has 154 valence electrons. The Morgan fingerprint density at radius 1 is 0.733 bits per heavy atom. The van der Waals surface area contributed by atoms with Gasteiger partial charge in [0.1, 0.15) is 0 Å². The molecule has 0 spiro atoms. The lowest BCUT2D eigenvalue weighted by Gasteiger charge is -2.27. The maximum Gasteiger partial charge on any atom is 0.348 e. The summed E-state index contributed by atoms with van der Waals surface area (Å²) >= 11 is 0. The van der Waals surface area contributed by atoms with Gasteiger partial charge in [-0.25, -0.2) is 4.79 Å². The second-order valence-corrected chi connectivity index (χ2v) is 8.27. The van der Waals surface area contributed by atoms with Crippen LogP contribution in [0.3, 0.4) is 0 Å². The number of carbonyl (C=O) groups is 2. The molecule has 3 aromatic rings. The third-order valence-corrected chi connectivity index (χ3v) is 5.09. The Morgan fingerprint density at radius 2 is 1.20 bits per heavy atom. The van der Waals surface area contributed by atoms with Crippen molar-refractivity contribution in [3.63, 3.8) is 0 Å². The molecular weight excluding hydrogens is 376 g/mol. The van der Waals surface area contributed by atoms with Crippen LogP contribution in [0.4, 0.5) is 0 Å². The fourth-order valence-corrected chi connectivity index (χ4v) is 3.24. The molecule has 3 rings (SSSR count). The van der Waals surface area contributed by atoms with Gasteiger partial charge in [-0.1, -0.05) is 106 Å². The van der Waals surface area contributed by atoms with Gasteiger partial charge in [0.15, 0.2) is 12.4 Å². The predicted octanol–water partition coefficient (Wildman–Crippen LogP) is 4.65. The van der Waals surface area contributed by atoms with Crippen LogP contribution in [0.5, 0.6) is 0 Å². The Kier molecular flexibility index (Phi) is 6.18. The lowest BCUT2D eigenvalue weighted by molar-refractivity contribution is -0.160. The van der Waals surface area contributed by atoms with Crippen LogP contribution in [0, 0.1) is 0 Å². The van der Waals surface area contributed by atoms with E-state index in [1.54, 1.807) is 72.8 Å². The van der Waals surface area contributed by atoms with Crippen molar-refractivity contribution in [1.82, 2.24) is 0 Å². The lowest BCUT2D eigenvalue weighted by atomic mass is 9.86. The molecule has 0 fully saturated rings. The number of hydrogen-bond donors (Lipinski definition) is 1. The van der Waals surface area contributed by atoms with Crippen LogP contribution in [-0.2, 0) is 20.5 Å². The largest absolute Gasteiger partial charge is 0.455 e. The molecule has 0 aromatic heterocycles. The molecule has 0 radical (unpaired) electrons. The molecule has 3 aromatic carbocycles. The van der Waals surface area contributed by atoms with Gasteiger partial charge in [-0.05, 0) is 22.1 Å². The maximum atomic E-state index is 13.0. The summed E-state index contributed by atoms with van der Waals surface area (Å²) in [6.45, 7) is 5.84. The molecule has 0 bridgehead atoms. The highest BCUT2D eigenvalue weighted by atomic mass is 16.6. The number of hydrogen-bond acceptors (Lipinski definition) is 4. The average Bonchev–Trinajstić information content (AvgIpc) is 2.77. The summed E-state index contributed by atoms with van der Waals surface area (Å²) in [4.78, 5) is 25.5. The molecule has 0 unspecified atom stereocenters. The van der Waals surface area contributed by atoms with E-state index in [4.69, 9.17) is 4.74 Å². The summed E-state index contributed by atoms with van der Waals surface area (Å²) in [5.74, 6) is -1.22. The molecule has 0 amide bonds. The number of aliphatic hydroxyl groups is 1. The van der Waals surface area contributed by atoms with Gasteiger partial charge >= 0.3 is 5.97 Å². The normalized spacial score (nSPS) is 11.7. The highest BCUT2D eigenvalue weighted by molar-refractivity contribution is 5.98. The van der Waals surface area contributed by atoms with Crippen molar-refractivity contribution in [2.24, 2.45) is 0 Å². The van der Waals surface area contributed by atoms with Crippen molar-refractivity contribution >= 4 is 11.8 Å². The van der Waals surface area contributed by atoms with Crippen LogP contribution in [-0.4, -0.2) is 23.5 Å². The van der Waals surface area contributed by atoms with Crippen molar-refractivity contribution in [2.75, 3.05) is 6.61 Å². The molecule has 0 saturated carbocycles. The molecule has 0 aliphatic heterocycles. The second kappa shape index (κ2) is 8.64. The first kappa shape index (κ1) is 21.5. The van der Waals surface area contributed by atoms with Gasteiger partial charge < -0.3 is 9.84 Å². The fourth-order valence-electron chi connectivity index (χ4n) is 3.24. The first-order valence-electron chi connectivity index (χ1n) is 9.87. The number of benzene rings is 3. The molecule has 4 nitrogen and oxygen atoms in total. The topological polar surface area (TPSA) is 63.6 Å². The van der Waals surface area contributed by atoms with E-state index in [-0.39, 0.29) is 11.2 Å². The summed E-state index contributed by atoms with van der Waals surface area (Å²) in [5, 5.41) is 11.3. The molecule has 0 aliphatic rings. The van der Waals surface area contributed by atoms with Gasteiger partial charge in [-0.15, -0.1) is 0 Å². The standard InChI is InChI=1S/C26H26O4/c1-25(2,3)20-16-14-19(15-17-20)23(27)18-30-24(28)26(29,21-10-6-4-7-11-21)22-12-8-5-9-13-22/h4-17,29H,18H2,1-3H3. The zero-order chi connectivity index (χ0) is 21.8. The minimum absolute atomic E-state index is 0.0180. The van der Waals surface area contributed by atoms with Crippen LogP contribution in [0.25, 0.3) is 0 Å². The number of ketones is 1.